The largest absolute Gasteiger partial charge is 0.493 e. The molecule has 24 heavy (non-hydrogen) atoms. The van der Waals surface area contributed by atoms with Crippen LogP contribution < -0.4 is 14.9 Å². The standard InChI is InChI=1S/C18H22N2O4/c1-11(21)24-15-8-7-12(9-16(15)23-2)10-19-20-18(22)17-13-5-3-4-6-14(13)17/h7-10,13-14,17H,3-6H2,1-2H3,(H,20,22)/b19-10-/t13-,14-/m1/s1. The minimum atomic E-state index is -0.409. The van der Waals surface area contributed by atoms with Gasteiger partial charge in [0.1, 0.15) is 0 Å². The summed E-state index contributed by atoms with van der Waals surface area (Å²) < 4.78 is 10.3. The number of benzene rings is 1. The average molecular weight is 330 g/mol. The molecule has 0 radical (unpaired) electrons. The maximum atomic E-state index is 12.2. The molecule has 0 unspecified atom stereocenters. The van der Waals surface area contributed by atoms with E-state index in [0.29, 0.717) is 23.3 Å². The molecule has 0 spiro atoms. The third kappa shape index (κ3) is 3.58. The summed E-state index contributed by atoms with van der Waals surface area (Å²) in [6, 6.07) is 5.08. The van der Waals surface area contributed by atoms with E-state index in [1.807, 2.05) is 0 Å². The first kappa shape index (κ1) is 16.5. The fraction of sp³-hybridized carbons (Fsp3) is 0.500. The predicted molar refractivity (Wildman–Crippen MR) is 89.0 cm³/mol. The van der Waals surface area contributed by atoms with Gasteiger partial charge < -0.3 is 9.47 Å². The SMILES string of the molecule is COc1cc(/C=N\NC(=O)C2[C@@H]3CCCC[C@@H]23)ccc1OC(C)=O. The maximum Gasteiger partial charge on any atom is 0.308 e. The smallest absolute Gasteiger partial charge is 0.308 e. The number of hydrazone groups is 1. The molecule has 1 amide bonds. The van der Waals surface area contributed by atoms with Gasteiger partial charge in [0.05, 0.1) is 13.3 Å². The number of carbonyl (C=O) groups excluding carboxylic acids is 2. The monoisotopic (exact) mass is 330 g/mol. The number of carbonyl (C=O) groups is 2. The van der Waals surface area contributed by atoms with E-state index in [0.717, 1.165) is 5.56 Å². The fourth-order valence-corrected chi connectivity index (χ4v) is 3.63. The van der Waals surface area contributed by atoms with Gasteiger partial charge in [-0.15, -0.1) is 0 Å². The molecule has 2 fully saturated rings. The van der Waals surface area contributed by atoms with Gasteiger partial charge in [-0.05, 0) is 48.4 Å². The van der Waals surface area contributed by atoms with Crippen LogP contribution in [0.3, 0.4) is 0 Å². The van der Waals surface area contributed by atoms with E-state index in [4.69, 9.17) is 9.47 Å². The lowest BCUT2D eigenvalue weighted by Gasteiger charge is -2.08. The molecule has 0 aromatic heterocycles. The second-order valence-corrected chi connectivity index (χ2v) is 6.38. The second-order valence-electron chi connectivity index (χ2n) is 6.38. The normalized spacial score (nSPS) is 25.0. The van der Waals surface area contributed by atoms with E-state index in [1.165, 1.54) is 39.7 Å². The van der Waals surface area contributed by atoms with E-state index in [-0.39, 0.29) is 11.8 Å². The van der Waals surface area contributed by atoms with E-state index < -0.39 is 5.97 Å². The Bertz CT molecular complexity index is 659. The van der Waals surface area contributed by atoms with Crippen LogP contribution in [-0.4, -0.2) is 25.2 Å². The van der Waals surface area contributed by atoms with Crippen molar-refractivity contribution in [3.05, 3.63) is 23.8 Å². The topological polar surface area (TPSA) is 77.0 Å². The van der Waals surface area contributed by atoms with Crippen LogP contribution in [0, 0.1) is 17.8 Å². The number of amides is 1. The third-order valence-electron chi connectivity index (χ3n) is 4.79. The molecule has 0 saturated heterocycles. The van der Waals surface area contributed by atoms with Crippen molar-refractivity contribution in [2.75, 3.05) is 7.11 Å². The number of ether oxygens (including phenoxy) is 2. The molecular weight excluding hydrogens is 308 g/mol. The van der Waals surface area contributed by atoms with Crippen LogP contribution >= 0.6 is 0 Å². The quantitative estimate of drug-likeness (QED) is 0.389. The van der Waals surface area contributed by atoms with Crippen molar-refractivity contribution in [2.45, 2.75) is 32.6 Å². The van der Waals surface area contributed by atoms with Crippen LogP contribution in [0.4, 0.5) is 0 Å². The van der Waals surface area contributed by atoms with Crippen molar-refractivity contribution < 1.29 is 19.1 Å². The second kappa shape index (κ2) is 7.03. The van der Waals surface area contributed by atoms with Crippen molar-refractivity contribution >= 4 is 18.1 Å². The fourth-order valence-electron chi connectivity index (χ4n) is 3.63. The highest BCUT2D eigenvalue weighted by Crippen LogP contribution is 2.55. The Morgan fingerprint density at radius 3 is 2.54 bits per heavy atom. The van der Waals surface area contributed by atoms with E-state index in [2.05, 4.69) is 10.5 Å². The highest BCUT2D eigenvalue weighted by Gasteiger charge is 2.54. The molecule has 1 aromatic carbocycles. The van der Waals surface area contributed by atoms with Crippen molar-refractivity contribution in [1.29, 1.82) is 0 Å². The van der Waals surface area contributed by atoms with Crippen LogP contribution in [0.15, 0.2) is 23.3 Å². The Balaban J connectivity index is 1.58. The van der Waals surface area contributed by atoms with Crippen LogP contribution in [0.2, 0.25) is 0 Å². The van der Waals surface area contributed by atoms with Gasteiger partial charge in [-0.1, -0.05) is 12.8 Å². The Morgan fingerprint density at radius 1 is 1.21 bits per heavy atom. The molecule has 0 aliphatic heterocycles. The first-order valence-corrected chi connectivity index (χ1v) is 8.29. The Kier molecular flexibility index (Phi) is 4.83. The number of hydrogen-bond acceptors (Lipinski definition) is 5. The van der Waals surface area contributed by atoms with Crippen molar-refractivity contribution in [2.24, 2.45) is 22.9 Å². The molecule has 6 nitrogen and oxygen atoms in total. The van der Waals surface area contributed by atoms with Gasteiger partial charge in [0.25, 0.3) is 0 Å². The van der Waals surface area contributed by atoms with Crippen molar-refractivity contribution in [1.82, 2.24) is 5.43 Å². The molecule has 6 heteroatoms. The van der Waals surface area contributed by atoms with Gasteiger partial charge in [0, 0.05) is 12.8 Å². The lowest BCUT2D eigenvalue weighted by molar-refractivity contribution is -0.132. The summed E-state index contributed by atoms with van der Waals surface area (Å²) in [5.74, 6) is 1.68. The van der Waals surface area contributed by atoms with Gasteiger partial charge in [-0.3, -0.25) is 9.59 Å². The van der Waals surface area contributed by atoms with Crippen molar-refractivity contribution in [3.63, 3.8) is 0 Å². The zero-order valence-corrected chi connectivity index (χ0v) is 14.0. The summed E-state index contributed by atoms with van der Waals surface area (Å²) in [6.07, 6.45) is 6.37. The van der Waals surface area contributed by atoms with Gasteiger partial charge in [-0.2, -0.15) is 5.10 Å². The van der Waals surface area contributed by atoms with Crippen LogP contribution in [0.1, 0.15) is 38.2 Å². The summed E-state index contributed by atoms with van der Waals surface area (Å²) >= 11 is 0. The molecule has 0 bridgehead atoms. The van der Waals surface area contributed by atoms with Gasteiger partial charge >= 0.3 is 5.97 Å². The molecule has 2 saturated carbocycles. The number of nitrogens with zero attached hydrogens (tertiary/aromatic N) is 1. The first-order valence-electron chi connectivity index (χ1n) is 8.29. The predicted octanol–water partition coefficient (Wildman–Crippen LogP) is 2.51. The average Bonchev–Trinajstić information content (AvgIpc) is 3.30. The summed E-state index contributed by atoms with van der Waals surface area (Å²) in [4.78, 5) is 23.2. The van der Waals surface area contributed by atoms with Crippen LogP contribution in [0.25, 0.3) is 0 Å². The minimum Gasteiger partial charge on any atom is -0.493 e. The number of esters is 1. The van der Waals surface area contributed by atoms with Crippen LogP contribution in [-0.2, 0) is 9.59 Å². The molecule has 128 valence electrons. The third-order valence-corrected chi connectivity index (χ3v) is 4.79. The summed E-state index contributed by atoms with van der Waals surface area (Å²) in [6.45, 7) is 1.33. The molecule has 2 aliphatic rings. The number of fused-ring (bicyclic) bond motifs is 1. The highest BCUT2D eigenvalue weighted by atomic mass is 16.6. The van der Waals surface area contributed by atoms with E-state index in [1.54, 1.807) is 24.4 Å². The zero-order valence-electron chi connectivity index (χ0n) is 14.0. The molecule has 3 rings (SSSR count). The lowest BCUT2D eigenvalue weighted by atomic mass is 10.0. The van der Waals surface area contributed by atoms with Crippen LogP contribution in [0.5, 0.6) is 11.5 Å². The maximum absolute atomic E-state index is 12.2. The number of hydrogen-bond donors (Lipinski definition) is 1. The Labute approximate surface area is 141 Å². The summed E-state index contributed by atoms with van der Waals surface area (Å²) in [5, 5.41) is 4.04. The number of rotatable bonds is 5. The zero-order chi connectivity index (χ0) is 17.1. The van der Waals surface area contributed by atoms with E-state index >= 15 is 0 Å². The number of methoxy groups -OCH3 is 1. The molecule has 2 atom stereocenters. The molecular formula is C18H22N2O4. The number of nitrogens with one attached hydrogen (secondary N) is 1. The van der Waals surface area contributed by atoms with Gasteiger partial charge in [0.2, 0.25) is 5.91 Å². The summed E-state index contributed by atoms with van der Waals surface area (Å²) in [7, 11) is 1.50. The summed E-state index contributed by atoms with van der Waals surface area (Å²) in [5.41, 5.74) is 3.38. The van der Waals surface area contributed by atoms with E-state index in [9.17, 15) is 9.59 Å². The molecule has 0 heterocycles. The van der Waals surface area contributed by atoms with Gasteiger partial charge in [-0.25, -0.2) is 5.43 Å². The highest BCUT2D eigenvalue weighted by molar-refractivity contribution is 5.85. The van der Waals surface area contributed by atoms with Crippen molar-refractivity contribution in [3.8, 4) is 11.5 Å². The lowest BCUT2D eigenvalue weighted by Crippen LogP contribution is -2.20. The molecule has 1 aromatic rings. The minimum absolute atomic E-state index is 0.0200. The first-order chi connectivity index (χ1) is 11.6. The Hall–Kier alpha value is -2.37. The molecule has 2 aliphatic carbocycles. The van der Waals surface area contributed by atoms with Gasteiger partial charge in [0.15, 0.2) is 11.5 Å². The Morgan fingerprint density at radius 2 is 1.92 bits per heavy atom. The molecule has 1 N–H and O–H groups in total.